The summed E-state index contributed by atoms with van der Waals surface area (Å²) >= 11 is 0. The summed E-state index contributed by atoms with van der Waals surface area (Å²) in [6.07, 6.45) is 7.91. The maximum absolute atomic E-state index is 11.6. The lowest BCUT2D eigenvalue weighted by Gasteiger charge is -2.22. The van der Waals surface area contributed by atoms with Crippen LogP contribution in [0, 0.1) is 11.2 Å². The molecule has 1 N–H and O–H groups in total. The van der Waals surface area contributed by atoms with Crippen LogP contribution in [0.1, 0.15) is 33.6 Å². The van der Waals surface area contributed by atoms with E-state index in [9.17, 15) is 4.79 Å². The van der Waals surface area contributed by atoms with Gasteiger partial charge in [-0.2, -0.15) is 10.0 Å². The van der Waals surface area contributed by atoms with Gasteiger partial charge in [0.1, 0.15) is 11.1 Å². The van der Waals surface area contributed by atoms with Crippen LogP contribution >= 0.6 is 10.0 Å². The number of amides is 1. The maximum Gasteiger partial charge on any atom is 0.408 e. The van der Waals surface area contributed by atoms with Crippen LogP contribution in [-0.4, -0.2) is 36.0 Å². The van der Waals surface area contributed by atoms with Crippen molar-refractivity contribution in [3.8, 4) is 11.2 Å². The van der Waals surface area contributed by atoms with Gasteiger partial charge in [-0.05, 0) is 52.4 Å². The molecule has 1 aliphatic rings. The quantitative estimate of drug-likeness (QED) is 0.733. The first kappa shape index (κ1) is 14.2. The molecule has 0 aliphatic heterocycles. The summed E-state index contributed by atoms with van der Waals surface area (Å²) < 4.78 is 5.23. The molecule has 3 nitrogen and oxygen atoms in total. The fourth-order valence-electron chi connectivity index (χ4n) is 1.16. The van der Waals surface area contributed by atoms with Gasteiger partial charge < -0.3 is 10.1 Å². The van der Waals surface area contributed by atoms with Crippen LogP contribution in [0.3, 0.4) is 0 Å². The number of ether oxygens (including phenoxy) is 1. The van der Waals surface area contributed by atoms with Crippen molar-refractivity contribution in [2.24, 2.45) is 0 Å². The number of carbonyl (C=O) groups is 1. The van der Waals surface area contributed by atoms with Crippen molar-refractivity contribution in [3.05, 3.63) is 0 Å². The van der Waals surface area contributed by atoms with E-state index in [0.29, 0.717) is 0 Å². The Bertz CT molecular complexity index is 362. The Balaban J connectivity index is 2.56. The van der Waals surface area contributed by atoms with Crippen LogP contribution < -0.4 is 5.32 Å². The largest absolute Gasteiger partial charge is 0.444 e. The Morgan fingerprint density at radius 1 is 1.29 bits per heavy atom. The summed E-state index contributed by atoms with van der Waals surface area (Å²) in [6, 6.07) is 0. The maximum atomic E-state index is 11.6. The third-order valence-electron chi connectivity index (χ3n) is 2.09. The van der Waals surface area contributed by atoms with Crippen molar-refractivity contribution in [1.82, 2.24) is 5.32 Å². The summed E-state index contributed by atoms with van der Waals surface area (Å²) in [5, 5.41) is 6.13. The minimum absolute atomic E-state index is 0.317. The summed E-state index contributed by atoms with van der Waals surface area (Å²) in [5.41, 5.74) is -0.772. The number of carbonyl (C=O) groups excluding carboxylic acids is 1. The molecule has 0 bridgehead atoms. The van der Waals surface area contributed by atoms with Gasteiger partial charge in [0.25, 0.3) is 0 Å². The highest BCUT2D eigenvalue weighted by Gasteiger charge is 2.43. The van der Waals surface area contributed by atoms with E-state index in [4.69, 9.17) is 4.74 Å². The molecule has 1 amide bonds. The molecule has 0 aromatic heterocycles. The summed E-state index contributed by atoms with van der Waals surface area (Å²) in [7, 11) is -0.841. The fraction of sp³-hybridized carbons (Fsp3) is 0.769. The summed E-state index contributed by atoms with van der Waals surface area (Å²) in [6.45, 7) is 5.57. The Morgan fingerprint density at radius 3 is 2.18 bits per heavy atom. The predicted molar refractivity (Wildman–Crippen MR) is 74.5 cm³/mol. The molecule has 1 saturated carbocycles. The van der Waals surface area contributed by atoms with Crippen LogP contribution in [0.2, 0.25) is 0 Å². The second-order valence-corrected chi connectivity index (χ2v) is 10.2. The smallest absolute Gasteiger partial charge is 0.408 e. The molecule has 0 saturated heterocycles. The van der Waals surface area contributed by atoms with Crippen LogP contribution in [0.4, 0.5) is 4.79 Å². The highest BCUT2D eigenvalue weighted by molar-refractivity contribution is 8.35. The van der Waals surface area contributed by atoms with E-state index in [-0.39, 0.29) is 11.6 Å². The number of hydrogen-bond donors (Lipinski definition) is 1. The van der Waals surface area contributed by atoms with Crippen LogP contribution in [0.15, 0.2) is 0 Å². The van der Waals surface area contributed by atoms with Crippen molar-refractivity contribution in [2.75, 3.05) is 18.8 Å². The second kappa shape index (κ2) is 4.45. The molecule has 4 heteroatoms. The highest BCUT2D eigenvalue weighted by atomic mass is 32.3. The van der Waals surface area contributed by atoms with Crippen molar-refractivity contribution < 1.29 is 9.53 Å². The first-order chi connectivity index (χ1) is 7.52. The van der Waals surface area contributed by atoms with Gasteiger partial charge >= 0.3 is 6.09 Å². The average molecular weight is 257 g/mol. The average Bonchev–Trinajstić information content (AvgIpc) is 2.77. The lowest BCUT2D eigenvalue weighted by molar-refractivity contribution is 0.0511. The molecule has 0 spiro atoms. The van der Waals surface area contributed by atoms with E-state index in [0.717, 1.165) is 12.8 Å². The van der Waals surface area contributed by atoms with Crippen molar-refractivity contribution in [3.63, 3.8) is 0 Å². The van der Waals surface area contributed by atoms with E-state index in [1.807, 2.05) is 20.8 Å². The van der Waals surface area contributed by atoms with Crippen LogP contribution in [0.5, 0.6) is 0 Å². The molecule has 0 aromatic carbocycles. The van der Waals surface area contributed by atoms with E-state index < -0.39 is 15.6 Å². The van der Waals surface area contributed by atoms with Crippen LogP contribution in [0.25, 0.3) is 0 Å². The lowest BCUT2D eigenvalue weighted by Crippen LogP contribution is -2.39. The molecule has 1 aliphatic carbocycles. The van der Waals surface area contributed by atoms with E-state index >= 15 is 0 Å². The first-order valence-corrected chi connectivity index (χ1v) is 8.61. The standard InChI is InChI=1S/C13H23NO2S/c1-12(2,3)16-11(15)14-13(7-8-13)9-10-17(4,5)6/h7-8H2,1-6H3,(H,14,15). The predicted octanol–water partition coefficient (Wildman–Crippen LogP) is 2.70. The zero-order valence-electron chi connectivity index (χ0n) is 11.6. The number of rotatable bonds is 1. The molecular weight excluding hydrogens is 234 g/mol. The highest BCUT2D eigenvalue weighted by Crippen LogP contribution is 2.38. The molecule has 0 aromatic rings. The normalized spacial score (nSPS) is 18.7. The molecule has 98 valence electrons. The Kier molecular flexibility index (Phi) is 3.73. The summed E-state index contributed by atoms with van der Waals surface area (Å²) in [4.78, 5) is 11.6. The van der Waals surface area contributed by atoms with Gasteiger partial charge in [0, 0.05) is 0 Å². The third-order valence-corrected chi connectivity index (χ3v) is 2.80. The Morgan fingerprint density at radius 2 is 1.82 bits per heavy atom. The summed E-state index contributed by atoms with van der Waals surface area (Å²) in [5.74, 6) is 3.20. The fourth-order valence-corrected chi connectivity index (χ4v) is 1.66. The molecule has 17 heavy (non-hydrogen) atoms. The van der Waals surface area contributed by atoms with Gasteiger partial charge in [-0.15, -0.1) is 0 Å². The zero-order chi connectivity index (χ0) is 13.3. The van der Waals surface area contributed by atoms with Gasteiger partial charge in [0.15, 0.2) is 0 Å². The van der Waals surface area contributed by atoms with Gasteiger partial charge in [-0.3, -0.25) is 0 Å². The van der Waals surface area contributed by atoms with E-state index in [1.165, 1.54) is 0 Å². The van der Waals surface area contributed by atoms with Crippen molar-refractivity contribution in [1.29, 1.82) is 0 Å². The lowest BCUT2D eigenvalue weighted by atomic mass is 10.2. The molecule has 1 fully saturated rings. The van der Waals surface area contributed by atoms with Gasteiger partial charge in [0.05, 0.1) is 0 Å². The number of alkyl carbamates (subject to hydrolysis) is 1. The number of nitrogens with one attached hydrogen (secondary N) is 1. The Labute approximate surface area is 106 Å². The van der Waals surface area contributed by atoms with Crippen molar-refractivity contribution >= 4 is 16.1 Å². The minimum atomic E-state index is -0.841. The van der Waals surface area contributed by atoms with Crippen molar-refractivity contribution in [2.45, 2.75) is 44.8 Å². The molecule has 0 atom stereocenters. The van der Waals surface area contributed by atoms with E-state index in [2.05, 4.69) is 35.3 Å². The zero-order valence-corrected chi connectivity index (χ0v) is 12.5. The van der Waals surface area contributed by atoms with Gasteiger partial charge in [0.2, 0.25) is 0 Å². The van der Waals surface area contributed by atoms with Crippen LogP contribution in [-0.2, 0) is 4.74 Å². The topological polar surface area (TPSA) is 38.3 Å². The molecule has 0 heterocycles. The molecule has 0 radical (unpaired) electrons. The SMILES string of the molecule is CC(C)(C)OC(=O)NC1(C#CS(C)(C)C)CC1. The first-order valence-electron chi connectivity index (χ1n) is 5.75. The molecule has 1 rings (SSSR count). The van der Waals surface area contributed by atoms with Gasteiger partial charge in [-0.1, -0.05) is 11.2 Å². The molecular formula is C13H23NO2S. The second-order valence-electron chi connectivity index (χ2n) is 6.27. The Hall–Kier alpha value is -0.820. The minimum Gasteiger partial charge on any atom is -0.444 e. The van der Waals surface area contributed by atoms with Gasteiger partial charge in [-0.25, -0.2) is 4.79 Å². The third kappa shape index (κ3) is 5.88. The van der Waals surface area contributed by atoms with E-state index in [1.54, 1.807) is 0 Å². The molecule has 0 unspecified atom stereocenters. The number of hydrogen-bond acceptors (Lipinski definition) is 2. The monoisotopic (exact) mass is 257 g/mol.